The van der Waals surface area contributed by atoms with E-state index in [1.165, 1.54) is 0 Å². The van der Waals surface area contributed by atoms with Crippen LogP contribution in [0.5, 0.6) is 11.5 Å². The molecule has 0 unspecified atom stereocenters. The minimum atomic E-state index is 0.125. The molecule has 1 fully saturated rings. The Balaban J connectivity index is 1.45. The molecule has 1 saturated carbocycles. The average molecular weight is 438 g/mol. The Hall–Kier alpha value is -3.36. The van der Waals surface area contributed by atoms with Crippen LogP contribution in [-0.2, 0) is 17.8 Å². The van der Waals surface area contributed by atoms with Crippen LogP contribution in [0.4, 0.5) is 0 Å². The number of aromatic nitrogens is 4. The number of hydrogen-bond donors (Lipinski definition) is 0. The van der Waals surface area contributed by atoms with Gasteiger partial charge in [0.25, 0.3) is 0 Å². The highest BCUT2D eigenvalue weighted by Crippen LogP contribution is 2.41. The minimum absolute atomic E-state index is 0.125. The maximum atomic E-state index is 13.2. The number of rotatable bonds is 6. The van der Waals surface area contributed by atoms with Gasteiger partial charge in [0.05, 0.1) is 39.0 Å². The zero-order chi connectivity index (χ0) is 22.1. The summed E-state index contributed by atoms with van der Waals surface area (Å²) in [4.78, 5) is 15.2. The van der Waals surface area contributed by atoms with Crippen LogP contribution in [-0.4, -0.2) is 51.0 Å². The van der Waals surface area contributed by atoms with E-state index in [4.69, 9.17) is 14.0 Å². The second-order valence-electron chi connectivity index (χ2n) is 8.30. The largest absolute Gasteiger partial charge is 0.493 e. The molecular weight excluding hydrogens is 410 g/mol. The Morgan fingerprint density at radius 2 is 1.91 bits per heavy atom. The summed E-state index contributed by atoms with van der Waals surface area (Å²) in [6.45, 7) is 0.469. The van der Waals surface area contributed by atoms with Gasteiger partial charge in [-0.1, -0.05) is 18.0 Å². The molecule has 0 spiro atoms. The smallest absolute Gasteiger partial charge is 0.223 e. The van der Waals surface area contributed by atoms with E-state index in [0.29, 0.717) is 30.9 Å². The average Bonchev–Trinajstić information content (AvgIpc) is 3.51. The molecule has 9 heteroatoms. The lowest BCUT2D eigenvalue weighted by Gasteiger charge is -2.44. The summed E-state index contributed by atoms with van der Waals surface area (Å²) in [5.41, 5.74) is 0.927. The maximum Gasteiger partial charge on any atom is 0.223 e. The summed E-state index contributed by atoms with van der Waals surface area (Å²) >= 11 is 0. The molecule has 3 heterocycles. The molecule has 2 aromatic heterocycles. The van der Waals surface area contributed by atoms with Crippen molar-refractivity contribution in [2.75, 3.05) is 14.2 Å². The molecule has 0 radical (unpaired) electrons. The van der Waals surface area contributed by atoms with Crippen LogP contribution >= 0.6 is 0 Å². The van der Waals surface area contributed by atoms with E-state index in [2.05, 4.69) is 19.9 Å². The fourth-order valence-corrected chi connectivity index (χ4v) is 5.00. The second kappa shape index (κ2) is 8.64. The molecule has 1 amide bonds. The van der Waals surface area contributed by atoms with Crippen molar-refractivity contribution < 1.29 is 18.8 Å². The van der Waals surface area contributed by atoms with Gasteiger partial charge in [0, 0.05) is 24.5 Å². The van der Waals surface area contributed by atoms with Gasteiger partial charge in [-0.2, -0.15) is 0 Å². The lowest BCUT2D eigenvalue weighted by atomic mass is 9.86. The molecule has 5 rings (SSSR count). The van der Waals surface area contributed by atoms with Gasteiger partial charge in [-0.05, 0) is 31.0 Å². The van der Waals surface area contributed by atoms with Gasteiger partial charge in [0.15, 0.2) is 23.1 Å². The molecule has 1 aromatic carbocycles. The van der Waals surface area contributed by atoms with E-state index >= 15 is 0 Å². The summed E-state index contributed by atoms with van der Waals surface area (Å²) in [5.74, 6) is 3.82. The van der Waals surface area contributed by atoms with Crippen molar-refractivity contribution in [3.8, 4) is 22.9 Å². The summed E-state index contributed by atoms with van der Waals surface area (Å²) in [6, 6.07) is 7.91. The molecule has 168 valence electrons. The topological polar surface area (TPSA) is 95.5 Å². The third-order valence-electron chi connectivity index (χ3n) is 6.54. The number of benzene rings is 1. The molecule has 1 aliphatic carbocycles. The molecule has 2 aliphatic rings. The van der Waals surface area contributed by atoms with Crippen LogP contribution in [0.2, 0.25) is 0 Å². The number of carbonyl (C=O) groups is 1. The zero-order valence-corrected chi connectivity index (χ0v) is 18.4. The van der Waals surface area contributed by atoms with Gasteiger partial charge in [0.1, 0.15) is 5.76 Å². The normalized spacial score (nSPS) is 19.9. The highest BCUT2D eigenvalue weighted by atomic mass is 16.5. The lowest BCUT2D eigenvalue weighted by molar-refractivity contribution is -0.137. The van der Waals surface area contributed by atoms with Crippen molar-refractivity contribution in [1.29, 1.82) is 0 Å². The highest BCUT2D eigenvalue weighted by molar-refractivity contribution is 5.77. The van der Waals surface area contributed by atoms with Gasteiger partial charge in [-0.3, -0.25) is 4.79 Å². The fraction of sp³-hybridized carbons (Fsp3) is 0.478. The van der Waals surface area contributed by atoms with Gasteiger partial charge >= 0.3 is 0 Å². The van der Waals surface area contributed by atoms with Crippen LogP contribution in [0.25, 0.3) is 11.4 Å². The van der Waals surface area contributed by atoms with E-state index in [-0.39, 0.29) is 18.0 Å². The van der Waals surface area contributed by atoms with Gasteiger partial charge in [0.2, 0.25) is 5.91 Å². The van der Waals surface area contributed by atoms with Gasteiger partial charge in [-0.15, -0.1) is 10.2 Å². The maximum absolute atomic E-state index is 13.2. The number of carbonyl (C=O) groups excluding carboxylic acids is 1. The van der Waals surface area contributed by atoms with E-state index in [0.717, 1.165) is 48.7 Å². The Kier molecular flexibility index (Phi) is 5.55. The summed E-state index contributed by atoms with van der Waals surface area (Å²) in [5, 5.41) is 12.7. The van der Waals surface area contributed by atoms with Crippen molar-refractivity contribution in [1.82, 2.24) is 24.8 Å². The number of hydrogen-bond acceptors (Lipinski definition) is 7. The molecule has 9 nitrogen and oxygen atoms in total. The molecule has 0 saturated heterocycles. The fourth-order valence-electron chi connectivity index (χ4n) is 5.00. The van der Waals surface area contributed by atoms with E-state index in [1.807, 2.05) is 23.1 Å². The number of nitrogens with zero attached hydrogens (tertiary/aromatic N) is 5. The standard InChI is InChI=1S/C23H27N5O4/c1-30-19-9-7-15(13-20(19)31-2)23-26-25-21-14-27(17-5-3-4-6-18(17)28(21)23)22(29)10-8-16-11-12-24-32-16/h7,9,11-13,17-18H,3-6,8,10,14H2,1-2H3/t17-,18+/m0/s1. The zero-order valence-electron chi connectivity index (χ0n) is 18.4. The quantitative estimate of drug-likeness (QED) is 0.583. The molecular formula is C23H27N5O4. The first-order valence-electron chi connectivity index (χ1n) is 11.0. The highest BCUT2D eigenvalue weighted by Gasteiger charge is 2.41. The summed E-state index contributed by atoms with van der Waals surface area (Å²) in [6.07, 6.45) is 6.80. The van der Waals surface area contributed by atoms with Crippen LogP contribution < -0.4 is 9.47 Å². The summed E-state index contributed by atoms with van der Waals surface area (Å²) < 4.78 is 18.3. The van der Waals surface area contributed by atoms with Crippen molar-refractivity contribution in [2.24, 2.45) is 0 Å². The van der Waals surface area contributed by atoms with Gasteiger partial charge in [-0.25, -0.2) is 0 Å². The first-order valence-corrected chi connectivity index (χ1v) is 11.0. The number of aryl methyl sites for hydroxylation is 1. The minimum Gasteiger partial charge on any atom is -0.493 e. The number of amides is 1. The van der Waals surface area contributed by atoms with E-state index in [9.17, 15) is 4.79 Å². The predicted molar refractivity (Wildman–Crippen MR) is 115 cm³/mol. The van der Waals surface area contributed by atoms with Crippen molar-refractivity contribution in [3.05, 3.63) is 42.0 Å². The third-order valence-corrected chi connectivity index (χ3v) is 6.54. The van der Waals surface area contributed by atoms with Crippen LogP contribution in [0.3, 0.4) is 0 Å². The molecule has 3 aromatic rings. The molecule has 0 bridgehead atoms. The van der Waals surface area contributed by atoms with Crippen molar-refractivity contribution in [3.63, 3.8) is 0 Å². The number of methoxy groups -OCH3 is 2. The van der Waals surface area contributed by atoms with Gasteiger partial charge < -0.3 is 23.5 Å². The molecule has 2 atom stereocenters. The van der Waals surface area contributed by atoms with Crippen LogP contribution in [0.15, 0.2) is 35.0 Å². The SMILES string of the molecule is COc1ccc(-c2nnc3n2[C@@H]2CCCC[C@@H]2N(C(=O)CCc2ccno2)C3)cc1OC. The molecule has 1 aliphatic heterocycles. The Bertz CT molecular complexity index is 1090. The first-order chi connectivity index (χ1) is 15.7. The Labute approximate surface area is 186 Å². The molecule has 32 heavy (non-hydrogen) atoms. The van der Waals surface area contributed by atoms with Crippen LogP contribution in [0, 0.1) is 0 Å². The lowest BCUT2D eigenvalue weighted by Crippen LogP contribution is -2.50. The number of ether oxygens (including phenoxy) is 2. The third kappa shape index (κ3) is 3.61. The van der Waals surface area contributed by atoms with Crippen LogP contribution in [0.1, 0.15) is 49.7 Å². The molecule has 0 N–H and O–H groups in total. The first kappa shape index (κ1) is 20.5. The monoisotopic (exact) mass is 437 g/mol. The van der Waals surface area contributed by atoms with Crippen molar-refractivity contribution >= 4 is 5.91 Å². The summed E-state index contributed by atoms with van der Waals surface area (Å²) in [7, 11) is 3.25. The Morgan fingerprint density at radius 3 is 2.66 bits per heavy atom. The number of fused-ring (bicyclic) bond motifs is 3. The predicted octanol–water partition coefficient (Wildman–Crippen LogP) is 3.41. The second-order valence-corrected chi connectivity index (χ2v) is 8.30. The van der Waals surface area contributed by atoms with E-state index in [1.54, 1.807) is 26.5 Å². The van der Waals surface area contributed by atoms with Crippen molar-refractivity contribution in [2.45, 2.75) is 57.2 Å². The Morgan fingerprint density at radius 1 is 1.09 bits per heavy atom. The van der Waals surface area contributed by atoms with E-state index < -0.39 is 0 Å².